The van der Waals surface area contributed by atoms with Crippen LogP contribution < -0.4 is 15.6 Å². The van der Waals surface area contributed by atoms with Crippen molar-refractivity contribution in [3.8, 4) is 5.75 Å². The molecular formula is C21H20N2O4. The number of para-hydroxylation sites is 1. The molecule has 6 nitrogen and oxygen atoms in total. The molecule has 3 rings (SSSR count). The van der Waals surface area contributed by atoms with Gasteiger partial charge in [-0.3, -0.25) is 20.4 Å². The highest BCUT2D eigenvalue weighted by Crippen LogP contribution is 2.13. The van der Waals surface area contributed by atoms with E-state index in [-0.39, 0.29) is 24.7 Å². The van der Waals surface area contributed by atoms with Crippen LogP contribution in [0, 0.1) is 6.92 Å². The molecule has 138 valence electrons. The number of carbonyl (C=O) groups is 2. The fraction of sp³-hybridized carbons (Fsp3) is 0.143. The van der Waals surface area contributed by atoms with Gasteiger partial charge < -0.3 is 9.15 Å². The first-order valence-electron chi connectivity index (χ1n) is 8.51. The van der Waals surface area contributed by atoms with Crippen LogP contribution in [0.5, 0.6) is 5.75 Å². The zero-order valence-corrected chi connectivity index (χ0v) is 14.9. The molecule has 2 N–H and O–H groups in total. The Morgan fingerprint density at radius 2 is 1.67 bits per heavy atom. The Labute approximate surface area is 157 Å². The molecule has 2 aromatic carbocycles. The molecule has 3 aromatic rings. The maximum atomic E-state index is 12.1. The van der Waals surface area contributed by atoms with E-state index >= 15 is 0 Å². The van der Waals surface area contributed by atoms with Gasteiger partial charge in [0.25, 0.3) is 0 Å². The zero-order valence-electron chi connectivity index (χ0n) is 14.9. The number of nitrogens with one attached hydrogen (secondary N) is 2. The van der Waals surface area contributed by atoms with E-state index in [0.717, 1.165) is 11.1 Å². The molecule has 0 saturated carbocycles. The lowest BCUT2D eigenvalue weighted by atomic mass is 10.1. The smallest absolute Gasteiger partial charge is 0.305 e. The lowest BCUT2D eigenvalue weighted by Crippen LogP contribution is -2.42. The molecule has 0 aliphatic rings. The second kappa shape index (κ2) is 8.71. The van der Waals surface area contributed by atoms with E-state index < -0.39 is 5.91 Å². The zero-order chi connectivity index (χ0) is 19.1. The van der Waals surface area contributed by atoms with Crippen molar-refractivity contribution in [3.63, 3.8) is 0 Å². The van der Waals surface area contributed by atoms with Gasteiger partial charge >= 0.3 is 5.91 Å². The maximum Gasteiger partial charge on any atom is 0.305 e. The monoisotopic (exact) mass is 364 g/mol. The Kier molecular flexibility index (Phi) is 5.89. The Morgan fingerprint density at radius 3 is 2.41 bits per heavy atom. The van der Waals surface area contributed by atoms with Crippen molar-refractivity contribution in [2.45, 2.75) is 20.0 Å². The van der Waals surface area contributed by atoms with Crippen LogP contribution in [0.2, 0.25) is 0 Å². The molecule has 0 aliphatic heterocycles. The summed E-state index contributed by atoms with van der Waals surface area (Å²) in [4.78, 5) is 24.0. The van der Waals surface area contributed by atoms with Crippen molar-refractivity contribution in [2.24, 2.45) is 0 Å². The number of hydrazine groups is 1. The van der Waals surface area contributed by atoms with Crippen molar-refractivity contribution < 1.29 is 18.7 Å². The SMILES string of the molecule is Cc1ccc(CC(=O)NNC(=O)c2ccc(COc3ccccc3)o2)cc1. The molecule has 0 radical (unpaired) electrons. The number of hydrogen-bond acceptors (Lipinski definition) is 4. The van der Waals surface area contributed by atoms with Crippen molar-refractivity contribution in [3.05, 3.63) is 89.4 Å². The second-order valence-corrected chi connectivity index (χ2v) is 6.03. The van der Waals surface area contributed by atoms with E-state index in [0.29, 0.717) is 11.5 Å². The van der Waals surface area contributed by atoms with Crippen LogP contribution in [0.15, 0.2) is 71.1 Å². The topological polar surface area (TPSA) is 80.6 Å². The molecule has 2 amide bonds. The predicted octanol–water partition coefficient (Wildman–Crippen LogP) is 3.17. The minimum absolute atomic E-state index is 0.0947. The molecule has 0 saturated heterocycles. The van der Waals surface area contributed by atoms with Crippen LogP contribution in [-0.4, -0.2) is 11.8 Å². The van der Waals surface area contributed by atoms with Crippen LogP contribution in [-0.2, 0) is 17.8 Å². The van der Waals surface area contributed by atoms with E-state index in [2.05, 4.69) is 10.9 Å². The highest BCUT2D eigenvalue weighted by atomic mass is 16.5. The lowest BCUT2D eigenvalue weighted by molar-refractivity contribution is -0.121. The van der Waals surface area contributed by atoms with E-state index in [1.165, 1.54) is 6.07 Å². The van der Waals surface area contributed by atoms with Gasteiger partial charge in [-0.25, -0.2) is 0 Å². The summed E-state index contributed by atoms with van der Waals surface area (Å²) in [5.41, 5.74) is 6.71. The largest absolute Gasteiger partial charge is 0.486 e. The van der Waals surface area contributed by atoms with Gasteiger partial charge in [-0.05, 0) is 36.8 Å². The van der Waals surface area contributed by atoms with Gasteiger partial charge in [0.1, 0.15) is 18.1 Å². The molecule has 0 bridgehead atoms. The standard InChI is InChI=1S/C21H20N2O4/c1-15-7-9-16(10-8-15)13-20(24)22-23-21(25)19-12-11-18(27-19)14-26-17-5-3-2-4-6-17/h2-12H,13-14H2,1H3,(H,22,24)(H,23,25). The normalized spacial score (nSPS) is 10.3. The number of carbonyl (C=O) groups excluding carboxylic acids is 2. The molecule has 0 fully saturated rings. The van der Waals surface area contributed by atoms with Gasteiger partial charge in [-0.1, -0.05) is 48.0 Å². The van der Waals surface area contributed by atoms with Gasteiger partial charge in [0.15, 0.2) is 5.76 Å². The number of hydrogen-bond donors (Lipinski definition) is 2. The number of amides is 2. The molecule has 1 aromatic heterocycles. The Bertz CT molecular complexity index is 901. The molecule has 27 heavy (non-hydrogen) atoms. The minimum Gasteiger partial charge on any atom is -0.486 e. The molecule has 1 heterocycles. The first-order chi connectivity index (χ1) is 13.1. The van der Waals surface area contributed by atoms with Crippen molar-refractivity contribution in [1.29, 1.82) is 0 Å². The van der Waals surface area contributed by atoms with Crippen LogP contribution in [0.1, 0.15) is 27.4 Å². The van der Waals surface area contributed by atoms with Crippen molar-refractivity contribution in [1.82, 2.24) is 10.9 Å². The van der Waals surface area contributed by atoms with Crippen LogP contribution in [0.3, 0.4) is 0 Å². The summed E-state index contributed by atoms with van der Waals surface area (Å²) in [6.07, 6.45) is 0.175. The van der Waals surface area contributed by atoms with Crippen molar-refractivity contribution >= 4 is 11.8 Å². The van der Waals surface area contributed by atoms with Gasteiger partial charge in [0.2, 0.25) is 5.91 Å². The third kappa shape index (κ3) is 5.47. The third-order valence-corrected chi connectivity index (χ3v) is 3.81. The Hall–Kier alpha value is -3.54. The highest BCUT2D eigenvalue weighted by Gasteiger charge is 2.13. The average molecular weight is 364 g/mol. The van der Waals surface area contributed by atoms with Crippen molar-refractivity contribution in [2.75, 3.05) is 0 Å². The number of rotatable bonds is 6. The lowest BCUT2D eigenvalue weighted by Gasteiger charge is -2.06. The molecule has 6 heteroatoms. The van der Waals surface area contributed by atoms with Gasteiger partial charge in [-0.15, -0.1) is 0 Å². The summed E-state index contributed by atoms with van der Waals surface area (Å²) in [6.45, 7) is 2.18. The van der Waals surface area contributed by atoms with Crippen LogP contribution in [0.4, 0.5) is 0 Å². The Balaban J connectivity index is 1.46. The Morgan fingerprint density at radius 1 is 0.926 bits per heavy atom. The first-order valence-corrected chi connectivity index (χ1v) is 8.51. The maximum absolute atomic E-state index is 12.1. The molecule has 0 unspecified atom stereocenters. The third-order valence-electron chi connectivity index (χ3n) is 3.81. The summed E-state index contributed by atoms with van der Waals surface area (Å²) < 4.78 is 11.0. The quantitative estimate of drug-likeness (QED) is 0.659. The van der Waals surface area contributed by atoms with Gasteiger partial charge in [-0.2, -0.15) is 0 Å². The second-order valence-electron chi connectivity index (χ2n) is 6.03. The highest BCUT2D eigenvalue weighted by molar-refractivity contribution is 5.93. The summed E-state index contributed by atoms with van der Waals surface area (Å²) in [5.74, 6) is 0.472. The summed E-state index contributed by atoms with van der Waals surface area (Å²) in [6, 6.07) is 20.1. The van der Waals surface area contributed by atoms with Gasteiger partial charge in [0, 0.05) is 0 Å². The molecule has 0 aliphatic carbocycles. The van der Waals surface area contributed by atoms with Crippen LogP contribution >= 0.6 is 0 Å². The van der Waals surface area contributed by atoms with Crippen LogP contribution in [0.25, 0.3) is 0 Å². The van der Waals surface area contributed by atoms with Gasteiger partial charge in [0.05, 0.1) is 6.42 Å². The summed E-state index contributed by atoms with van der Waals surface area (Å²) >= 11 is 0. The first kappa shape index (κ1) is 18.3. The summed E-state index contributed by atoms with van der Waals surface area (Å²) in [5, 5.41) is 0. The summed E-state index contributed by atoms with van der Waals surface area (Å²) in [7, 11) is 0. The van der Waals surface area contributed by atoms with E-state index in [4.69, 9.17) is 9.15 Å². The number of ether oxygens (including phenoxy) is 1. The molecule has 0 atom stereocenters. The number of aryl methyl sites for hydroxylation is 1. The van der Waals surface area contributed by atoms with E-state index in [1.807, 2.05) is 61.5 Å². The molecular weight excluding hydrogens is 344 g/mol. The predicted molar refractivity (Wildman–Crippen MR) is 100.0 cm³/mol. The number of furan rings is 1. The molecule has 0 spiro atoms. The van der Waals surface area contributed by atoms with E-state index in [1.54, 1.807) is 6.07 Å². The van der Waals surface area contributed by atoms with E-state index in [9.17, 15) is 9.59 Å². The average Bonchev–Trinajstić information content (AvgIpc) is 3.16. The fourth-order valence-corrected chi connectivity index (χ4v) is 2.37. The fourth-order valence-electron chi connectivity index (χ4n) is 2.37. The minimum atomic E-state index is -0.529. The number of benzene rings is 2.